The van der Waals surface area contributed by atoms with Crippen LogP contribution in [0.5, 0.6) is 0 Å². The van der Waals surface area contributed by atoms with E-state index in [4.69, 9.17) is 10.5 Å². The molecule has 0 radical (unpaired) electrons. The molecule has 0 aromatic heterocycles. The standard InChI is InChI=1S/C13H17FN2O2/c1-13(2,3)18-12(17)16-5-4-8-6-10(15)9(14)7-11(8)16/h6-7H,4-5,15H2,1-3H3. The normalized spacial score (nSPS) is 14.6. The van der Waals surface area contributed by atoms with E-state index in [2.05, 4.69) is 0 Å². The van der Waals surface area contributed by atoms with E-state index in [9.17, 15) is 9.18 Å². The molecule has 18 heavy (non-hydrogen) atoms. The predicted octanol–water partition coefficient (Wildman–Crippen LogP) is 2.71. The van der Waals surface area contributed by atoms with Crippen LogP contribution in [-0.2, 0) is 11.2 Å². The molecular weight excluding hydrogens is 235 g/mol. The molecule has 1 aromatic carbocycles. The number of halogens is 1. The number of nitrogens with two attached hydrogens (primary N) is 1. The Morgan fingerprint density at radius 1 is 1.44 bits per heavy atom. The molecule has 1 aliphatic heterocycles. The van der Waals surface area contributed by atoms with Gasteiger partial charge in [-0.15, -0.1) is 0 Å². The van der Waals surface area contributed by atoms with Crippen molar-refractivity contribution in [2.75, 3.05) is 17.2 Å². The number of hydrogen-bond acceptors (Lipinski definition) is 3. The largest absolute Gasteiger partial charge is 0.443 e. The Balaban J connectivity index is 2.26. The van der Waals surface area contributed by atoms with Gasteiger partial charge in [0.15, 0.2) is 0 Å². The summed E-state index contributed by atoms with van der Waals surface area (Å²) in [5.74, 6) is -0.510. The van der Waals surface area contributed by atoms with Crippen molar-refractivity contribution < 1.29 is 13.9 Å². The Morgan fingerprint density at radius 3 is 2.72 bits per heavy atom. The smallest absolute Gasteiger partial charge is 0.414 e. The highest BCUT2D eigenvalue weighted by molar-refractivity contribution is 5.91. The Kier molecular flexibility index (Phi) is 2.92. The fourth-order valence-electron chi connectivity index (χ4n) is 1.94. The number of hydrogen-bond donors (Lipinski definition) is 1. The summed E-state index contributed by atoms with van der Waals surface area (Å²) in [6.45, 7) is 5.88. The first-order chi connectivity index (χ1) is 8.28. The van der Waals surface area contributed by atoms with Gasteiger partial charge < -0.3 is 10.5 Å². The van der Waals surface area contributed by atoms with Crippen LogP contribution >= 0.6 is 0 Å². The minimum Gasteiger partial charge on any atom is -0.443 e. The summed E-state index contributed by atoms with van der Waals surface area (Å²) in [6, 6.07) is 2.87. The summed E-state index contributed by atoms with van der Waals surface area (Å²) >= 11 is 0. The van der Waals surface area contributed by atoms with Gasteiger partial charge in [0, 0.05) is 12.6 Å². The monoisotopic (exact) mass is 252 g/mol. The highest BCUT2D eigenvalue weighted by Crippen LogP contribution is 2.32. The average molecular weight is 252 g/mol. The minimum absolute atomic E-state index is 0.111. The highest BCUT2D eigenvalue weighted by atomic mass is 19.1. The van der Waals surface area contributed by atoms with Gasteiger partial charge in [-0.1, -0.05) is 0 Å². The molecule has 1 heterocycles. The van der Waals surface area contributed by atoms with Gasteiger partial charge in [0.25, 0.3) is 0 Å². The van der Waals surface area contributed by atoms with E-state index < -0.39 is 17.5 Å². The van der Waals surface area contributed by atoms with Crippen LogP contribution in [0.2, 0.25) is 0 Å². The molecule has 0 fully saturated rings. The van der Waals surface area contributed by atoms with Crippen molar-refractivity contribution >= 4 is 17.5 Å². The predicted molar refractivity (Wildman–Crippen MR) is 68.1 cm³/mol. The molecule has 2 N–H and O–H groups in total. The first kappa shape index (κ1) is 12.7. The third-order valence-electron chi connectivity index (χ3n) is 2.71. The minimum atomic E-state index is -0.563. The van der Waals surface area contributed by atoms with Crippen LogP contribution in [0.4, 0.5) is 20.6 Å². The van der Waals surface area contributed by atoms with Crippen LogP contribution in [0.25, 0.3) is 0 Å². The van der Waals surface area contributed by atoms with Crippen molar-refractivity contribution in [2.24, 2.45) is 0 Å². The van der Waals surface area contributed by atoms with E-state index in [1.807, 2.05) is 0 Å². The Morgan fingerprint density at radius 2 is 2.11 bits per heavy atom. The van der Waals surface area contributed by atoms with Gasteiger partial charge in [0.05, 0.1) is 11.4 Å². The SMILES string of the molecule is CC(C)(C)OC(=O)N1CCc2cc(N)c(F)cc21. The van der Waals surface area contributed by atoms with Gasteiger partial charge in [0.2, 0.25) is 0 Å². The topological polar surface area (TPSA) is 55.6 Å². The highest BCUT2D eigenvalue weighted by Gasteiger charge is 2.29. The average Bonchev–Trinajstić information content (AvgIpc) is 2.59. The molecule has 0 aliphatic carbocycles. The van der Waals surface area contributed by atoms with E-state index in [1.165, 1.54) is 11.0 Å². The Hall–Kier alpha value is -1.78. The third kappa shape index (κ3) is 2.39. The zero-order valence-corrected chi connectivity index (χ0v) is 10.8. The lowest BCUT2D eigenvalue weighted by molar-refractivity contribution is 0.0584. The second-order valence-corrected chi connectivity index (χ2v) is 5.38. The maximum atomic E-state index is 13.4. The fraction of sp³-hybridized carbons (Fsp3) is 0.462. The van der Waals surface area contributed by atoms with Gasteiger partial charge in [-0.2, -0.15) is 0 Å². The number of benzene rings is 1. The molecule has 98 valence electrons. The van der Waals surface area contributed by atoms with Crippen LogP contribution in [-0.4, -0.2) is 18.2 Å². The number of nitrogen functional groups attached to an aromatic ring is 1. The van der Waals surface area contributed by atoms with Gasteiger partial charge >= 0.3 is 6.09 Å². The lowest BCUT2D eigenvalue weighted by Gasteiger charge is -2.24. The van der Waals surface area contributed by atoms with Crippen molar-refractivity contribution in [1.29, 1.82) is 0 Å². The molecule has 5 heteroatoms. The van der Waals surface area contributed by atoms with Crippen LogP contribution in [0.15, 0.2) is 12.1 Å². The molecule has 1 amide bonds. The number of ether oxygens (including phenoxy) is 1. The van der Waals surface area contributed by atoms with Crippen LogP contribution in [0.1, 0.15) is 26.3 Å². The van der Waals surface area contributed by atoms with Crippen molar-refractivity contribution in [3.05, 3.63) is 23.5 Å². The number of nitrogens with zero attached hydrogens (tertiary/aromatic N) is 1. The van der Waals surface area contributed by atoms with Gasteiger partial charge in [0.1, 0.15) is 11.4 Å². The zero-order valence-electron chi connectivity index (χ0n) is 10.8. The van der Waals surface area contributed by atoms with Crippen molar-refractivity contribution in [2.45, 2.75) is 32.8 Å². The second kappa shape index (κ2) is 4.15. The fourth-order valence-corrected chi connectivity index (χ4v) is 1.94. The molecule has 1 aromatic rings. The van der Waals surface area contributed by atoms with E-state index in [0.29, 0.717) is 18.7 Å². The van der Waals surface area contributed by atoms with Crippen molar-refractivity contribution in [1.82, 2.24) is 0 Å². The first-order valence-corrected chi connectivity index (χ1v) is 5.86. The zero-order chi connectivity index (χ0) is 13.5. The number of fused-ring (bicyclic) bond motifs is 1. The van der Waals surface area contributed by atoms with Crippen LogP contribution in [0.3, 0.4) is 0 Å². The molecule has 1 aliphatic rings. The molecule has 0 saturated carbocycles. The summed E-state index contributed by atoms with van der Waals surface area (Å²) in [6.07, 6.45) is 0.212. The van der Waals surface area contributed by atoms with Gasteiger partial charge in [-0.3, -0.25) is 4.90 Å². The summed E-state index contributed by atoms with van der Waals surface area (Å²) in [7, 11) is 0. The summed E-state index contributed by atoms with van der Waals surface area (Å²) in [5.41, 5.74) is 6.48. The van der Waals surface area contributed by atoms with Crippen molar-refractivity contribution in [3.63, 3.8) is 0 Å². The van der Waals surface area contributed by atoms with E-state index >= 15 is 0 Å². The molecule has 0 atom stereocenters. The number of amides is 1. The van der Waals surface area contributed by atoms with Crippen molar-refractivity contribution in [3.8, 4) is 0 Å². The number of anilines is 2. The van der Waals surface area contributed by atoms with E-state index in [0.717, 1.165) is 5.56 Å². The van der Waals surface area contributed by atoms with E-state index in [-0.39, 0.29) is 5.69 Å². The lowest BCUT2D eigenvalue weighted by atomic mass is 10.1. The summed E-state index contributed by atoms with van der Waals surface area (Å²) in [5, 5.41) is 0. The maximum Gasteiger partial charge on any atom is 0.414 e. The van der Waals surface area contributed by atoms with Gasteiger partial charge in [-0.05, 0) is 38.8 Å². The lowest BCUT2D eigenvalue weighted by Crippen LogP contribution is -2.35. The Labute approximate surface area is 106 Å². The molecule has 0 spiro atoms. The molecule has 4 nitrogen and oxygen atoms in total. The van der Waals surface area contributed by atoms with Crippen LogP contribution in [0, 0.1) is 5.82 Å². The summed E-state index contributed by atoms with van der Waals surface area (Å²) in [4.78, 5) is 13.4. The number of carbonyl (C=O) groups is 1. The first-order valence-electron chi connectivity index (χ1n) is 5.86. The molecule has 2 rings (SSSR count). The molecule has 0 saturated heterocycles. The molecule has 0 bridgehead atoms. The van der Waals surface area contributed by atoms with Gasteiger partial charge in [-0.25, -0.2) is 9.18 Å². The van der Waals surface area contributed by atoms with Crippen LogP contribution < -0.4 is 10.6 Å². The molecular formula is C13H17FN2O2. The number of rotatable bonds is 0. The van der Waals surface area contributed by atoms with E-state index in [1.54, 1.807) is 26.8 Å². The maximum absolute atomic E-state index is 13.4. The second-order valence-electron chi connectivity index (χ2n) is 5.38. The third-order valence-corrected chi connectivity index (χ3v) is 2.71. The quantitative estimate of drug-likeness (QED) is 0.722. The molecule has 0 unspecified atom stereocenters. The Bertz CT molecular complexity index is 494. The number of carbonyl (C=O) groups excluding carboxylic acids is 1. The summed E-state index contributed by atoms with van der Waals surface area (Å²) < 4.78 is 18.7.